The monoisotopic (exact) mass is 312 g/mol. The van der Waals surface area contributed by atoms with E-state index in [0.717, 1.165) is 22.6 Å². The van der Waals surface area contributed by atoms with Gasteiger partial charge in [0, 0.05) is 35.3 Å². The highest BCUT2D eigenvalue weighted by molar-refractivity contribution is 7.05. The number of hydrogen-bond acceptors (Lipinski definition) is 4. The molecule has 4 nitrogen and oxygen atoms in total. The number of rotatable bonds is 6. The zero-order valence-corrected chi connectivity index (χ0v) is 12.1. The maximum absolute atomic E-state index is 13.8. The summed E-state index contributed by atoms with van der Waals surface area (Å²) in [5.74, 6) is -2.50. The molecule has 2 N–H and O–H groups in total. The van der Waals surface area contributed by atoms with Crippen LogP contribution in [0.5, 0.6) is 0 Å². The van der Waals surface area contributed by atoms with Crippen LogP contribution in [0.2, 0.25) is 0 Å². The number of nitrogens with one attached hydrogen (secondary N) is 1. The Morgan fingerprint density at radius 3 is 2.81 bits per heavy atom. The Labute approximate surface area is 124 Å². The lowest BCUT2D eigenvalue weighted by Crippen LogP contribution is -2.24. The van der Waals surface area contributed by atoms with Gasteiger partial charge in [-0.25, -0.2) is 13.2 Å². The molecule has 2 aromatic rings. The van der Waals surface area contributed by atoms with E-state index in [1.54, 1.807) is 6.20 Å². The van der Waals surface area contributed by atoms with Crippen LogP contribution < -0.4 is 5.32 Å². The summed E-state index contributed by atoms with van der Waals surface area (Å²) in [5, 5.41) is 12.0. The predicted molar refractivity (Wildman–Crippen MR) is 75.0 cm³/mol. The van der Waals surface area contributed by atoms with Gasteiger partial charge in [-0.2, -0.15) is 0 Å². The maximum atomic E-state index is 13.8. The molecule has 1 unspecified atom stereocenters. The van der Waals surface area contributed by atoms with Crippen molar-refractivity contribution in [2.45, 2.75) is 25.9 Å². The molecule has 0 saturated carbocycles. The number of halogens is 2. The van der Waals surface area contributed by atoms with Crippen molar-refractivity contribution in [3.8, 4) is 0 Å². The van der Waals surface area contributed by atoms with E-state index in [2.05, 4.69) is 9.69 Å². The summed E-state index contributed by atoms with van der Waals surface area (Å²) in [7, 11) is 0. The first-order chi connectivity index (χ1) is 9.97. The highest BCUT2D eigenvalue weighted by Crippen LogP contribution is 2.22. The number of aromatic nitrogens is 1. The van der Waals surface area contributed by atoms with E-state index in [4.69, 9.17) is 5.11 Å². The highest BCUT2D eigenvalue weighted by atomic mass is 32.1. The Morgan fingerprint density at radius 1 is 1.48 bits per heavy atom. The first-order valence-corrected chi connectivity index (χ1v) is 7.05. The van der Waals surface area contributed by atoms with Crippen LogP contribution in [0.15, 0.2) is 24.4 Å². The Bertz CT molecular complexity index is 646. The van der Waals surface area contributed by atoms with E-state index in [-0.39, 0.29) is 12.0 Å². The number of aryl methyl sites for hydroxylation is 1. The number of carboxylic acid groups (broad SMARTS) is 1. The minimum Gasteiger partial charge on any atom is -0.481 e. The number of hydrogen-bond donors (Lipinski definition) is 2. The first kappa shape index (κ1) is 15.5. The molecule has 7 heteroatoms. The van der Waals surface area contributed by atoms with Crippen molar-refractivity contribution in [3.05, 3.63) is 52.0 Å². The van der Waals surface area contributed by atoms with Crippen molar-refractivity contribution in [1.29, 1.82) is 0 Å². The smallest absolute Gasteiger partial charge is 0.305 e. The van der Waals surface area contributed by atoms with Crippen LogP contribution in [0.3, 0.4) is 0 Å². The minimum atomic E-state index is -1.06. The summed E-state index contributed by atoms with van der Waals surface area (Å²) in [6.07, 6.45) is 1.42. The zero-order chi connectivity index (χ0) is 15.4. The molecule has 0 spiro atoms. The van der Waals surface area contributed by atoms with E-state index in [1.807, 2.05) is 6.92 Å². The van der Waals surface area contributed by atoms with Crippen molar-refractivity contribution in [3.63, 3.8) is 0 Å². The van der Waals surface area contributed by atoms with Crippen molar-refractivity contribution in [2.75, 3.05) is 0 Å². The number of carbonyl (C=O) groups is 1. The fourth-order valence-electron chi connectivity index (χ4n) is 1.95. The van der Waals surface area contributed by atoms with Gasteiger partial charge in [-0.3, -0.25) is 4.79 Å². The summed E-state index contributed by atoms with van der Waals surface area (Å²) in [4.78, 5) is 11.9. The Balaban J connectivity index is 2.18. The standard InChI is InChI=1S/C14H14F2N2O2S/c1-8-6-18-21-13(8)7-17-12(5-14(19)20)10-3-2-9(15)4-11(10)16/h2-4,6,12,17H,5,7H2,1H3,(H,19,20). The molecule has 0 bridgehead atoms. The van der Waals surface area contributed by atoms with Gasteiger partial charge in [0.1, 0.15) is 11.6 Å². The van der Waals surface area contributed by atoms with Gasteiger partial charge in [-0.15, -0.1) is 0 Å². The molecule has 0 amide bonds. The van der Waals surface area contributed by atoms with Crippen LogP contribution in [0.1, 0.15) is 28.5 Å². The molecule has 0 aliphatic heterocycles. The van der Waals surface area contributed by atoms with E-state index >= 15 is 0 Å². The fraction of sp³-hybridized carbons (Fsp3) is 0.286. The predicted octanol–water partition coefficient (Wildman–Crippen LogP) is 3.04. The molecule has 112 valence electrons. The number of carboxylic acids is 1. The quantitative estimate of drug-likeness (QED) is 0.860. The van der Waals surface area contributed by atoms with E-state index in [1.165, 1.54) is 17.6 Å². The van der Waals surface area contributed by atoms with Gasteiger partial charge in [0.25, 0.3) is 0 Å². The van der Waals surface area contributed by atoms with Crippen LogP contribution in [0.25, 0.3) is 0 Å². The van der Waals surface area contributed by atoms with Gasteiger partial charge in [0.2, 0.25) is 0 Å². The van der Waals surface area contributed by atoms with Crippen molar-refractivity contribution < 1.29 is 18.7 Å². The number of aliphatic carboxylic acids is 1. The fourth-order valence-corrected chi connectivity index (χ4v) is 2.63. The molecule has 2 rings (SSSR count). The topological polar surface area (TPSA) is 62.2 Å². The molecule has 0 saturated heterocycles. The van der Waals surface area contributed by atoms with E-state index < -0.39 is 23.6 Å². The van der Waals surface area contributed by atoms with Gasteiger partial charge >= 0.3 is 5.97 Å². The molecule has 0 fully saturated rings. The summed E-state index contributed by atoms with van der Waals surface area (Å²) < 4.78 is 30.8. The lowest BCUT2D eigenvalue weighted by atomic mass is 10.0. The largest absolute Gasteiger partial charge is 0.481 e. The average Bonchev–Trinajstić information content (AvgIpc) is 2.80. The third-order valence-corrected chi connectivity index (χ3v) is 3.97. The summed E-state index contributed by atoms with van der Waals surface area (Å²) >= 11 is 1.30. The van der Waals surface area contributed by atoms with Crippen LogP contribution in [-0.4, -0.2) is 15.4 Å². The Hall–Kier alpha value is -1.86. The normalized spacial score (nSPS) is 12.3. The molecule has 0 aliphatic carbocycles. The summed E-state index contributed by atoms with van der Waals surface area (Å²) in [5.41, 5.74) is 1.13. The molecule has 1 heterocycles. The summed E-state index contributed by atoms with van der Waals surface area (Å²) in [6, 6.07) is 2.41. The van der Waals surface area contributed by atoms with Crippen molar-refractivity contribution in [2.24, 2.45) is 0 Å². The molecular formula is C14H14F2N2O2S. The zero-order valence-electron chi connectivity index (χ0n) is 11.3. The molecule has 21 heavy (non-hydrogen) atoms. The molecule has 1 atom stereocenters. The van der Waals surface area contributed by atoms with Crippen LogP contribution >= 0.6 is 11.5 Å². The Morgan fingerprint density at radius 2 is 2.24 bits per heavy atom. The minimum absolute atomic E-state index is 0.140. The van der Waals surface area contributed by atoms with Crippen molar-refractivity contribution >= 4 is 17.5 Å². The third-order valence-electron chi connectivity index (χ3n) is 3.07. The lowest BCUT2D eigenvalue weighted by Gasteiger charge is -2.18. The lowest BCUT2D eigenvalue weighted by molar-refractivity contribution is -0.137. The van der Waals surface area contributed by atoms with E-state index in [0.29, 0.717) is 6.54 Å². The van der Waals surface area contributed by atoms with Crippen molar-refractivity contribution in [1.82, 2.24) is 9.69 Å². The molecule has 1 aromatic heterocycles. The SMILES string of the molecule is Cc1cnsc1CNC(CC(=O)O)c1ccc(F)cc1F. The van der Waals surface area contributed by atoms with Gasteiger partial charge in [-0.1, -0.05) is 6.07 Å². The first-order valence-electron chi connectivity index (χ1n) is 6.27. The third kappa shape index (κ3) is 4.05. The Kier molecular flexibility index (Phi) is 4.98. The number of benzene rings is 1. The second-order valence-electron chi connectivity index (χ2n) is 4.63. The molecule has 1 aromatic carbocycles. The van der Waals surface area contributed by atoms with Crippen LogP contribution in [-0.2, 0) is 11.3 Å². The van der Waals surface area contributed by atoms with Crippen LogP contribution in [0, 0.1) is 18.6 Å². The van der Waals surface area contributed by atoms with Crippen LogP contribution in [0.4, 0.5) is 8.78 Å². The maximum Gasteiger partial charge on any atom is 0.305 e. The molecular weight excluding hydrogens is 298 g/mol. The van der Waals surface area contributed by atoms with Gasteiger partial charge in [0.15, 0.2) is 0 Å². The van der Waals surface area contributed by atoms with E-state index in [9.17, 15) is 13.6 Å². The van der Waals surface area contributed by atoms with Gasteiger partial charge < -0.3 is 10.4 Å². The van der Waals surface area contributed by atoms with Gasteiger partial charge in [-0.05, 0) is 30.1 Å². The van der Waals surface area contributed by atoms with Gasteiger partial charge in [0.05, 0.1) is 6.42 Å². The second kappa shape index (κ2) is 6.73. The highest BCUT2D eigenvalue weighted by Gasteiger charge is 2.19. The second-order valence-corrected chi connectivity index (χ2v) is 5.52. The average molecular weight is 312 g/mol. The summed E-state index contributed by atoms with van der Waals surface area (Å²) in [6.45, 7) is 2.27. The molecule has 0 aliphatic rings. The number of nitrogens with zero attached hydrogens (tertiary/aromatic N) is 1. The molecule has 0 radical (unpaired) electrons.